The minimum absolute atomic E-state index is 0.0316. The number of rotatable bonds is 1. The van der Waals surface area contributed by atoms with Crippen LogP contribution in [-0.4, -0.2) is 33.5 Å². The fourth-order valence-electron chi connectivity index (χ4n) is 6.48. The maximum absolute atomic E-state index is 13.2. The van der Waals surface area contributed by atoms with Crippen molar-refractivity contribution in [3.05, 3.63) is 11.6 Å². The Balaban J connectivity index is 1.94. The van der Waals surface area contributed by atoms with Gasteiger partial charge in [-0.05, 0) is 55.4 Å². The predicted molar refractivity (Wildman–Crippen MR) is 90.1 cm³/mol. The Bertz CT molecular complexity index is 621. The van der Waals surface area contributed by atoms with Crippen LogP contribution in [0, 0.1) is 22.7 Å². The molecule has 1 spiro atoms. The summed E-state index contributed by atoms with van der Waals surface area (Å²) in [6, 6.07) is 0. The number of ether oxygens (including phenoxy) is 1. The van der Waals surface area contributed by atoms with Crippen LogP contribution in [0.25, 0.3) is 0 Å². The zero-order valence-corrected chi connectivity index (χ0v) is 15.3. The molecule has 0 aromatic rings. The molecule has 3 aliphatic carbocycles. The van der Waals surface area contributed by atoms with Gasteiger partial charge in [-0.2, -0.15) is 0 Å². The second kappa shape index (κ2) is 4.64. The van der Waals surface area contributed by atoms with Crippen LogP contribution in [-0.2, 0) is 9.53 Å². The molecule has 4 heteroatoms. The van der Waals surface area contributed by atoms with Gasteiger partial charge in [-0.1, -0.05) is 39.7 Å². The molecule has 0 radical (unpaired) electrons. The van der Waals surface area contributed by atoms with Gasteiger partial charge in [0.05, 0.1) is 0 Å². The summed E-state index contributed by atoms with van der Waals surface area (Å²) < 4.78 is 5.91. The molecule has 2 bridgehead atoms. The van der Waals surface area contributed by atoms with E-state index < -0.39 is 22.7 Å². The average Bonchev–Trinajstić information content (AvgIpc) is 2.61. The highest BCUT2D eigenvalue weighted by atomic mass is 16.6. The zero-order chi connectivity index (χ0) is 17.5. The van der Waals surface area contributed by atoms with E-state index in [4.69, 9.17) is 4.74 Å². The van der Waals surface area contributed by atoms with Crippen molar-refractivity contribution in [3.63, 3.8) is 0 Å². The van der Waals surface area contributed by atoms with E-state index >= 15 is 0 Å². The van der Waals surface area contributed by atoms with Crippen LogP contribution in [0.15, 0.2) is 11.6 Å². The average molecular weight is 334 g/mol. The fraction of sp³-hybridized carbons (Fsp3) is 0.850. The number of aliphatic hydroxyl groups excluding tert-OH is 1. The second-order valence-corrected chi connectivity index (χ2v) is 9.53. The highest BCUT2D eigenvalue weighted by molar-refractivity contribution is 5.85. The standard InChI is InChI=1S/C20H30O4/c1-12(2)13-6-9-20(23)18-8-5-7-17(3,4)14(18)10-15(21)19(20,11-13)24-16(18)22/h11-12,14-15,21,23H,5-10H2,1-4H3/t14-,15+,18-,19-,20-/m0/s1. The molecule has 3 fully saturated rings. The van der Waals surface area contributed by atoms with Crippen molar-refractivity contribution in [2.45, 2.75) is 83.5 Å². The molecule has 0 aromatic carbocycles. The molecule has 1 heterocycles. The van der Waals surface area contributed by atoms with Gasteiger partial charge >= 0.3 is 5.97 Å². The first-order chi connectivity index (χ1) is 11.1. The molecule has 0 amide bonds. The van der Waals surface area contributed by atoms with Crippen molar-refractivity contribution in [2.24, 2.45) is 22.7 Å². The van der Waals surface area contributed by atoms with E-state index in [9.17, 15) is 15.0 Å². The van der Waals surface area contributed by atoms with Crippen LogP contribution in [0.2, 0.25) is 0 Å². The Morgan fingerprint density at radius 1 is 1.25 bits per heavy atom. The maximum Gasteiger partial charge on any atom is 0.316 e. The Labute approximate surface area is 144 Å². The summed E-state index contributed by atoms with van der Waals surface area (Å²) in [6.07, 6.45) is 5.51. The third kappa shape index (κ3) is 1.60. The van der Waals surface area contributed by atoms with Crippen molar-refractivity contribution < 1.29 is 19.7 Å². The normalized spacial score (nSPS) is 49.3. The third-order valence-corrected chi connectivity index (χ3v) is 7.81. The summed E-state index contributed by atoms with van der Waals surface area (Å²) in [7, 11) is 0. The van der Waals surface area contributed by atoms with Gasteiger partial charge in [-0.25, -0.2) is 0 Å². The van der Waals surface area contributed by atoms with E-state index in [1.165, 1.54) is 5.57 Å². The van der Waals surface area contributed by atoms with Gasteiger partial charge in [0, 0.05) is 0 Å². The van der Waals surface area contributed by atoms with Gasteiger partial charge in [0.1, 0.15) is 17.1 Å². The maximum atomic E-state index is 13.2. The zero-order valence-electron chi connectivity index (χ0n) is 15.3. The molecule has 5 atom stereocenters. The van der Waals surface area contributed by atoms with E-state index in [-0.39, 0.29) is 17.3 Å². The third-order valence-electron chi connectivity index (χ3n) is 7.81. The smallest absolute Gasteiger partial charge is 0.316 e. The van der Waals surface area contributed by atoms with E-state index in [1.54, 1.807) is 0 Å². The second-order valence-electron chi connectivity index (χ2n) is 9.53. The first kappa shape index (κ1) is 16.6. The number of hydrogen-bond donors (Lipinski definition) is 2. The first-order valence-electron chi connectivity index (χ1n) is 9.46. The highest BCUT2D eigenvalue weighted by Gasteiger charge is 2.82. The Morgan fingerprint density at radius 2 is 1.96 bits per heavy atom. The Morgan fingerprint density at radius 3 is 2.62 bits per heavy atom. The Hall–Kier alpha value is -0.870. The van der Waals surface area contributed by atoms with Crippen molar-refractivity contribution >= 4 is 5.97 Å². The highest BCUT2D eigenvalue weighted by Crippen LogP contribution is 2.71. The quantitative estimate of drug-likeness (QED) is 0.571. The van der Waals surface area contributed by atoms with Gasteiger partial charge in [-0.3, -0.25) is 4.79 Å². The lowest BCUT2D eigenvalue weighted by molar-refractivity contribution is -0.238. The van der Waals surface area contributed by atoms with Gasteiger partial charge in [-0.15, -0.1) is 0 Å². The van der Waals surface area contributed by atoms with Gasteiger partial charge in [0.2, 0.25) is 0 Å². The Kier molecular flexibility index (Phi) is 3.21. The summed E-state index contributed by atoms with van der Waals surface area (Å²) >= 11 is 0. The SMILES string of the molecule is CC(C)C1=C[C@]23OC(=O)[C@@]4(CCCC(C)(C)[C@@H]4C[C@H]2O)[C@@]3(O)CC1. The number of carbonyl (C=O) groups is 1. The van der Waals surface area contributed by atoms with Gasteiger partial charge < -0.3 is 14.9 Å². The summed E-state index contributed by atoms with van der Waals surface area (Å²) in [5, 5.41) is 22.9. The molecule has 1 saturated heterocycles. The molecule has 0 aromatic heterocycles. The fourth-order valence-corrected chi connectivity index (χ4v) is 6.48. The van der Waals surface area contributed by atoms with Crippen molar-refractivity contribution in [1.29, 1.82) is 0 Å². The summed E-state index contributed by atoms with van der Waals surface area (Å²) in [5.74, 6) is 0.0170. The van der Waals surface area contributed by atoms with Gasteiger partial charge in [0.15, 0.2) is 5.60 Å². The molecule has 24 heavy (non-hydrogen) atoms. The van der Waals surface area contributed by atoms with Crippen LogP contribution in [0.4, 0.5) is 0 Å². The van der Waals surface area contributed by atoms with E-state index in [1.807, 2.05) is 6.08 Å². The van der Waals surface area contributed by atoms with E-state index in [2.05, 4.69) is 27.7 Å². The largest absolute Gasteiger partial charge is 0.448 e. The number of carbonyl (C=O) groups excluding carboxylic acids is 1. The van der Waals surface area contributed by atoms with Crippen LogP contribution < -0.4 is 0 Å². The topological polar surface area (TPSA) is 66.8 Å². The lowest BCUT2D eigenvalue weighted by Crippen LogP contribution is -2.72. The van der Waals surface area contributed by atoms with E-state index in [0.29, 0.717) is 25.2 Å². The molecular weight excluding hydrogens is 304 g/mol. The van der Waals surface area contributed by atoms with Crippen LogP contribution >= 0.6 is 0 Å². The summed E-state index contributed by atoms with van der Waals surface area (Å²) in [4.78, 5) is 13.2. The minimum atomic E-state index is -1.28. The van der Waals surface area contributed by atoms with Gasteiger partial charge in [0.25, 0.3) is 0 Å². The molecule has 134 valence electrons. The predicted octanol–water partition coefficient (Wildman–Crippen LogP) is 2.97. The number of allylic oxidation sites excluding steroid dienone is 1. The number of aliphatic hydroxyl groups is 2. The summed E-state index contributed by atoms with van der Waals surface area (Å²) in [5.41, 5.74) is -2.28. The van der Waals surface area contributed by atoms with E-state index in [0.717, 1.165) is 19.3 Å². The number of esters is 1. The monoisotopic (exact) mass is 334 g/mol. The van der Waals surface area contributed by atoms with Crippen molar-refractivity contribution in [1.82, 2.24) is 0 Å². The summed E-state index contributed by atoms with van der Waals surface area (Å²) in [6.45, 7) is 8.57. The van der Waals surface area contributed by atoms with Crippen LogP contribution in [0.5, 0.6) is 0 Å². The van der Waals surface area contributed by atoms with Crippen molar-refractivity contribution in [3.8, 4) is 0 Å². The van der Waals surface area contributed by atoms with Crippen molar-refractivity contribution in [2.75, 3.05) is 0 Å². The lowest BCUT2D eigenvalue weighted by atomic mass is 9.42. The number of hydrogen-bond acceptors (Lipinski definition) is 4. The molecule has 2 N–H and O–H groups in total. The van der Waals surface area contributed by atoms with Crippen LogP contribution in [0.1, 0.15) is 66.2 Å². The molecular formula is C20H30O4. The molecule has 2 saturated carbocycles. The molecule has 4 rings (SSSR count). The molecule has 4 nitrogen and oxygen atoms in total. The lowest BCUT2D eigenvalue weighted by Gasteiger charge is -2.61. The molecule has 0 unspecified atom stereocenters. The molecule has 4 aliphatic rings. The first-order valence-corrected chi connectivity index (χ1v) is 9.46. The minimum Gasteiger partial charge on any atom is -0.448 e. The van der Waals surface area contributed by atoms with Crippen LogP contribution in [0.3, 0.4) is 0 Å². The molecule has 1 aliphatic heterocycles.